The van der Waals surface area contributed by atoms with E-state index >= 15 is 0 Å². The van der Waals surface area contributed by atoms with Crippen LogP contribution in [0.1, 0.15) is 5.56 Å². The molecule has 0 spiro atoms. The molecule has 0 N–H and O–H groups in total. The van der Waals surface area contributed by atoms with Crippen molar-refractivity contribution in [1.29, 1.82) is 0 Å². The van der Waals surface area contributed by atoms with Crippen LogP contribution >= 0.6 is 31.9 Å². The molecule has 3 nitrogen and oxygen atoms in total. The van der Waals surface area contributed by atoms with Crippen LogP contribution in [0.25, 0.3) is 21.5 Å². The molecule has 0 aromatic heterocycles. The molecule has 0 saturated heterocycles. The van der Waals surface area contributed by atoms with Crippen molar-refractivity contribution in [1.82, 2.24) is 0 Å². The summed E-state index contributed by atoms with van der Waals surface area (Å²) in [7, 11) is 4.97. The van der Waals surface area contributed by atoms with Gasteiger partial charge in [0, 0.05) is 15.2 Å². The van der Waals surface area contributed by atoms with Gasteiger partial charge in [-0.2, -0.15) is 0 Å². The molecule has 0 amide bonds. The van der Waals surface area contributed by atoms with Gasteiger partial charge in [-0.3, -0.25) is 0 Å². The van der Waals surface area contributed by atoms with Crippen LogP contribution < -0.4 is 14.2 Å². The van der Waals surface area contributed by atoms with Crippen molar-refractivity contribution in [3.05, 3.63) is 40.4 Å². The van der Waals surface area contributed by atoms with Gasteiger partial charge in [-0.1, -0.05) is 22.0 Å². The van der Waals surface area contributed by atoms with Crippen LogP contribution in [0.2, 0.25) is 0 Å². The molecule has 0 fully saturated rings. The maximum Gasteiger partial charge on any atom is 0.161 e. The number of fused-ring (bicyclic) bond motifs is 3. The molecule has 0 radical (unpaired) electrons. The molecule has 0 aliphatic carbocycles. The van der Waals surface area contributed by atoms with Gasteiger partial charge in [-0.05, 0) is 61.9 Å². The number of hydrogen-bond donors (Lipinski definition) is 0. The summed E-state index contributed by atoms with van der Waals surface area (Å²) in [6, 6.07) is 10.1. The van der Waals surface area contributed by atoms with E-state index in [2.05, 4.69) is 44.0 Å². The first-order valence-corrected chi connectivity index (χ1v) is 8.95. The molecule has 3 rings (SSSR count). The Hall–Kier alpha value is -1.46. The average Bonchev–Trinajstić information content (AvgIpc) is 2.60. The predicted molar refractivity (Wildman–Crippen MR) is 101 cm³/mol. The molecule has 23 heavy (non-hydrogen) atoms. The van der Waals surface area contributed by atoms with Gasteiger partial charge in [0.15, 0.2) is 11.5 Å². The van der Waals surface area contributed by atoms with E-state index in [1.54, 1.807) is 21.3 Å². The summed E-state index contributed by atoms with van der Waals surface area (Å²) in [5.41, 5.74) is 1.20. The highest BCUT2D eigenvalue weighted by Crippen LogP contribution is 2.43. The van der Waals surface area contributed by atoms with Crippen molar-refractivity contribution < 1.29 is 14.2 Å². The Morgan fingerprint density at radius 2 is 1.39 bits per heavy atom. The number of benzene rings is 3. The van der Waals surface area contributed by atoms with Gasteiger partial charge in [0.2, 0.25) is 0 Å². The highest BCUT2D eigenvalue weighted by atomic mass is 79.9. The Morgan fingerprint density at radius 1 is 0.783 bits per heavy atom. The summed E-state index contributed by atoms with van der Waals surface area (Å²) in [5, 5.41) is 5.22. The smallest absolute Gasteiger partial charge is 0.161 e. The summed E-state index contributed by atoms with van der Waals surface area (Å²) < 4.78 is 17.4. The van der Waals surface area contributed by atoms with E-state index in [9.17, 15) is 0 Å². The van der Waals surface area contributed by atoms with Crippen LogP contribution in [0, 0.1) is 0 Å². The van der Waals surface area contributed by atoms with Crippen LogP contribution in [0.4, 0.5) is 0 Å². The third kappa shape index (κ3) is 2.66. The quantitative estimate of drug-likeness (QED) is 0.386. The van der Waals surface area contributed by atoms with E-state index in [4.69, 9.17) is 14.2 Å². The number of methoxy groups -OCH3 is 3. The van der Waals surface area contributed by atoms with E-state index < -0.39 is 0 Å². The Balaban J connectivity index is 2.52. The fourth-order valence-electron chi connectivity index (χ4n) is 2.83. The number of hydrogen-bond acceptors (Lipinski definition) is 3. The van der Waals surface area contributed by atoms with E-state index in [0.717, 1.165) is 31.7 Å². The highest BCUT2D eigenvalue weighted by molar-refractivity contribution is 9.11. The normalized spacial score (nSPS) is 11.0. The van der Waals surface area contributed by atoms with Gasteiger partial charge in [0.1, 0.15) is 5.75 Å². The third-order valence-electron chi connectivity index (χ3n) is 4.00. The van der Waals surface area contributed by atoms with Gasteiger partial charge in [-0.25, -0.2) is 0 Å². The lowest BCUT2D eigenvalue weighted by molar-refractivity contribution is 0.356. The van der Waals surface area contributed by atoms with E-state index in [-0.39, 0.29) is 0 Å². The summed E-state index contributed by atoms with van der Waals surface area (Å²) in [6.07, 6.45) is 0. The maximum absolute atomic E-state index is 5.47. The largest absolute Gasteiger partial charge is 0.497 e. The molecule has 0 unspecified atom stereocenters. The minimum absolute atomic E-state index is 0.711. The number of ether oxygens (including phenoxy) is 3. The first-order chi connectivity index (χ1) is 11.1. The fraction of sp³-hybridized carbons (Fsp3) is 0.222. The Kier molecular flexibility index (Phi) is 4.69. The second-order valence-electron chi connectivity index (χ2n) is 5.09. The molecule has 3 aromatic rings. The highest BCUT2D eigenvalue weighted by Gasteiger charge is 2.16. The molecule has 0 aliphatic rings. The van der Waals surface area contributed by atoms with Crippen LogP contribution in [-0.4, -0.2) is 21.3 Å². The molecule has 0 aliphatic heterocycles. The van der Waals surface area contributed by atoms with Crippen molar-refractivity contribution >= 4 is 53.4 Å². The summed E-state index contributed by atoms with van der Waals surface area (Å²) in [4.78, 5) is 0. The maximum atomic E-state index is 5.47. The molecule has 3 aromatic carbocycles. The lowest BCUT2D eigenvalue weighted by atomic mass is 9.97. The third-order valence-corrected chi connectivity index (χ3v) is 5.47. The Bertz CT molecular complexity index is 891. The number of alkyl halides is 1. The SMILES string of the molecule is COc1ccc2c(CBr)c(Br)c3cc(OC)c(OC)cc3c2c1. The van der Waals surface area contributed by atoms with Crippen LogP contribution in [0.15, 0.2) is 34.8 Å². The minimum atomic E-state index is 0.711. The molecule has 0 atom stereocenters. The summed E-state index contributed by atoms with van der Waals surface area (Å²) in [6.45, 7) is 0. The van der Waals surface area contributed by atoms with Crippen molar-refractivity contribution in [2.75, 3.05) is 21.3 Å². The van der Waals surface area contributed by atoms with Gasteiger partial charge < -0.3 is 14.2 Å². The van der Waals surface area contributed by atoms with Crippen LogP contribution in [-0.2, 0) is 5.33 Å². The summed E-state index contributed by atoms with van der Waals surface area (Å²) >= 11 is 7.35. The Labute approximate surface area is 151 Å². The molecule has 120 valence electrons. The minimum Gasteiger partial charge on any atom is -0.497 e. The van der Waals surface area contributed by atoms with Gasteiger partial charge in [-0.15, -0.1) is 0 Å². The van der Waals surface area contributed by atoms with Gasteiger partial charge >= 0.3 is 0 Å². The van der Waals surface area contributed by atoms with E-state index in [1.165, 1.54) is 10.9 Å². The van der Waals surface area contributed by atoms with Crippen molar-refractivity contribution in [2.45, 2.75) is 5.33 Å². The van der Waals surface area contributed by atoms with E-state index in [0.29, 0.717) is 11.5 Å². The second kappa shape index (κ2) is 6.57. The van der Waals surface area contributed by atoms with Crippen molar-refractivity contribution in [2.24, 2.45) is 0 Å². The lowest BCUT2D eigenvalue weighted by Crippen LogP contribution is -1.94. The second-order valence-corrected chi connectivity index (χ2v) is 6.44. The number of rotatable bonds is 4. The molecule has 5 heteroatoms. The zero-order chi connectivity index (χ0) is 16.6. The van der Waals surface area contributed by atoms with Gasteiger partial charge in [0.05, 0.1) is 21.3 Å². The standard InChI is InChI=1S/C18H16Br2O3/c1-21-10-4-5-11-12(6-10)13-7-16(22-2)17(23-3)8-14(13)18(20)15(11)9-19/h4-8H,9H2,1-3H3. The molecular formula is C18H16Br2O3. The van der Waals surface area contributed by atoms with Crippen LogP contribution in [0.3, 0.4) is 0 Å². The zero-order valence-corrected chi connectivity index (χ0v) is 16.2. The predicted octanol–water partition coefficient (Wildman–Crippen LogP) is 5.68. The Morgan fingerprint density at radius 3 is 1.96 bits per heavy atom. The first kappa shape index (κ1) is 16.4. The summed E-state index contributed by atoms with van der Waals surface area (Å²) in [5.74, 6) is 2.25. The van der Waals surface area contributed by atoms with Gasteiger partial charge in [0.25, 0.3) is 0 Å². The first-order valence-electron chi connectivity index (χ1n) is 7.04. The van der Waals surface area contributed by atoms with Crippen molar-refractivity contribution in [3.63, 3.8) is 0 Å². The monoisotopic (exact) mass is 438 g/mol. The van der Waals surface area contributed by atoms with Crippen LogP contribution in [0.5, 0.6) is 17.2 Å². The van der Waals surface area contributed by atoms with Crippen molar-refractivity contribution in [3.8, 4) is 17.2 Å². The average molecular weight is 440 g/mol. The van der Waals surface area contributed by atoms with E-state index in [1.807, 2.05) is 18.2 Å². The topological polar surface area (TPSA) is 27.7 Å². The molecule has 0 heterocycles. The number of halogens is 2. The zero-order valence-electron chi connectivity index (χ0n) is 13.1. The molecular weight excluding hydrogens is 424 g/mol. The molecule has 0 bridgehead atoms. The lowest BCUT2D eigenvalue weighted by Gasteiger charge is -2.16. The fourth-order valence-corrected chi connectivity index (χ4v) is 4.47. The molecule has 0 saturated carbocycles.